The van der Waals surface area contributed by atoms with Gasteiger partial charge in [0, 0.05) is 49.6 Å². The van der Waals surface area contributed by atoms with Gasteiger partial charge in [0.05, 0.1) is 11.7 Å². The molecule has 142 valence electrons. The summed E-state index contributed by atoms with van der Waals surface area (Å²) in [6.45, 7) is 9.14. The molecule has 2 N–H and O–H groups in total. The fraction of sp³-hybridized carbons (Fsp3) is 0.611. The van der Waals surface area contributed by atoms with Gasteiger partial charge in [-0.15, -0.1) is 0 Å². The molecule has 2 aromatic rings. The Morgan fingerprint density at radius 2 is 1.96 bits per heavy atom. The van der Waals surface area contributed by atoms with Crippen LogP contribution in [0.25, 0.3) is 10.9 Å². The van der Waals surface area contributed by atoms with Crippen molar-refractivity contribution in [2.24, 2.45) is 0 Å². The van der Waals surface area contributed by atoms with Gasteiger partial charge < -0.3 is 15.1 Å². The Hall–Kier alpha value is -1.64. The fourth-order valence-electron chi connectivity index (χ4n) is 2.96. The van der Waals surface area contributed by atoms with E-state index in [-0.39, 0.29) is 0 Å². The van der Waals surface area contributed by atoms with Gasteiger partial charge in [0.25, 0.3) is 0 Å². The van der Waals surface area contributed by atoms with Gasteiger partial charge in [0.15, 0.2) is 0 Å². The maximum atomic E-state index is 4.88. The molecule has 0 amide bonds. The van der Waals surface area contributed by atoms with Crippen LogP contribution < -0.4 is 14.9 Å². The lowest BCUT2D eigenvalue weighted by Crippen LogP contribution is -2.45. The van der Waals surface area contributed by atoms with Gasteiger partial charge in [-0.2, -0.15) is 4.98 Å². The van der Waals surface area contributed by atoms with Crippen molar-refractivity contribution in [1.29, 1.82) is 0 Å². The van der Waals surface area contributed by atoms with Crippen molar-refractivity contribution < 1.29 is 0 Å². The SMILES string of the molecule is CNSCCNc1nc(N2CCN(C)CC2)nc2cnc(C(C)C)cc12. The largest absolute Gasteiger partial charge is 0.369 e. The van der Waals surface area contributed by atoms with Crippen LogP contribution in [0.2, 0.25) is 0 Å². The highest BCUT2D eigenvalue weighted by Gasteiger charge is 2.19. The zero-order valence-corrected chi connectivity index (χ0v) is 16.9. The Balaban J connectivity index is 1.92. The number of rotatable bonds is 7. The highest BCUT2D eigenvalue weighted by Crippen LogP contribution is 2.26. The first-order valence-corrected chi connectivity index (χ1v) is 10.2. The third-order valence-corrected chi connectivity index (χ3v) is 5.31. The number of likely N-dealkylation sites (N-methyl/N-ethyl adjacent to an activating group) is 1. The molecule has 0 saturated carbocycles. The molecule has 26 heavy (non-hydrogen) atoms. The smallest absolute Gasteiger partial charge is 0.228 e. The number of nitrogens with zero attached hydrogens (tertiary/aromatic N) is 5. The van der Waals surface area contributed by atoms with E-state index < -0.39 is 0 Å². The highest BCUT2D eigenvalue weighted by atomic mass is 32.2. The summed E-state index contributed by atoms with van der Waals surface area (Å²) in [5, 5.41) is 4.55. The molecule has 3 heterocycles. The molecular formula is C18H29N7S. The van der Waals surface area contributed by atoms with Crippen molar-refractivity contribution in [3.05, 3.63) is 18.0 Å². The van der Waals surface area contributed by atoms with E-state index in [1.165, 1.54) is 0 Å². The van der Waals surface area contributed by atoms with Crippen molar-refractivity contribution in [3.8, 4) is 0 Å². The number of hydrogen-bond acceptors (Lipinski definition) is 8. The minimum Gasteiger partial charge on any atom is -0.369 e. The second-order valence-electron chi connectivity index (χ2n) is 6.92. The van der Waals surface area contributed by atoms with Crippen molar-refractivity contribution >= 4 is 34.6 Å². The Morgan fingerprint density at radius 1 is 1.19 bits per heavy atom. The van der Waals surface area contributed by atoms with Crippen LogP contribution in [0.1, 0.15) is 25.5 Å². The third-order valence-electron chi connectivity index (χ3n) is 4.61. The number of fused-ring (bicyclic) bond motifs is 1. The van der Waals surface area contributed by atoms with Gasteiger partial charge in [-0.1, -0.05) is 25.8 Å². The summed E-state index contributed by atoms with van der Waals surface area (Å²) < 4.78 is 3.10. The summed E-state index contributed by atoms with van der Waals surface area (Å²) in [4.78, 5) is 18.9. The number of hydrogen-bond donors (Lipinski definition) is 2. The second-order valence-corrected chi connectivity index (χ2v) is 8.03. The maximum absolute atomic E-state index is 4.88. The first kappa shape index (κ1) is 19.1. The molecule has 0 unspecified atom stereocenters. The lowest BCUT2D eigenvalue weighted by Gasteiger charge is -2.32. The van der Waals surface area contributed by atoms with Crippen molar-refractivity contribution in [2.45, 2.75) is 19.8 Å². The minimum atomic E-state index is 0.379. The zero-order chi connectivity index (χ0) is 18.5. The Morgan fingerprint density at radius 3 is 2.65 bits per heavy atom. The van der Waals surface area contributed by atoms with E-state index >= 15 is 0 Å². The molecular weight excluding hydrogens is 346 g/mol. The average Bonchev–Trinajstić information content (AvgIpc) is 2.65. The summed E-state index contributed by atoms with van der Waals surface area (Å²) in [5.41, 5.74) is 1.98. The van der Waals surface area contributed by atoms with Crippen LogP contribution in [0.15, 0.2) is 12.3 Å². The lowest BCUT2D eigenvalue weighted by atomic mass is 10.1. The molecule has 0 radical (unpaired) electrons. The third kappa shape index (κ3) is 4.55. The predicted octanol–water partition coefficient (Wildman–Crippen LogP) is 2.18. The number of pyridine rings is 1. The summed E-state index contributed by atoms with van der Waals surface area (Å²) >= 11 is 1.69. The van der Waals surface area contributed by atoms with E-state index in [1.54, 1.807) is 11.9 Å². The van der Waals surface area contributed by atoms with Gasteiger partial charge in [0.1, 0.15) is 5.82 Å². The first-order valence-electron chi connectivity index (χ1n) is 9.22. The Kier molecular flexibility index (Phi) is 6.50. The minimum absolute atomic E-state index is 0.379. The second kappa shape index (κ2) is 8.83. The highest BCUT2D eigenvalue weighted by molar-refractivity contribution is 7.97. The zero-order valence-electron chi connectivity index (χ0n) is 16.1. The van der Waals surface area contributed by atoms with Crippen LogP contribution in [-0.4, -0.2) is 72.4 Å². The number of aromatic nitrogens is 3. The molecule has 0 atom stereocenters. The van der Waals surface area contributed by atoms with Crippen LogP contribution in [0.3, 0.4) is 0 Å². The van der Waals surface area contributed by atoms with Gasteiger partial charge in [-0.25, -0.2) is 4.98 Å². The van der Waals surface area contributed by atoms with Gasteiger partial charge in [0.2, 0.25) is 5.95 Å². The monoisotopic (exact) mass is 375 g/mol. The molecule has 1 saturated heterocycles. The molecule has 0 aliphatic carbocycles. The average molecular weight is 376 g/mol. The molecule has 1 fully saturated rings. The van der Waals surface area contributed by atoms with Gasteiger partial charge in [-0.3, -0.25) is 9.71 Å². The van der Waals surface area contributed by atoms with Crippen LogP contribution in [0, 0.1) is 0 Å². The Labute approximate surface area is 160 Å². The molecule has 8 heteroatoms. The van der Waals surface area contributed by atoms with Crippen molar-refractivity contribution in [1.82, 2.24) is 24.6 Å². The molecule has 1 aliphatic rings. The number of nitrogens with one attached hydrogen (secondary N) is 2. The predicted molar refractivity (Wildman–Crippen MR) is 111 cm³/mol. The molecule has 0 bridgehead atoms. The quantitative estimate of drug-likeness (QED) is 0.564. The lowest BCUT2D eigenvalue weighted by molar-refractivity contribution is 0.311. The maximum Gasteiger partial charge on any atom is 0.228 e. The van der Waals surface area contributed by atoms with Crippen LogP contribution >= 0.6 is 11.9 Å². The topological polar surface area (TPSA) is 69.2 Å². The van der Waals surface area contributed by atoms with E-state index in [4.69, 9.17) is 9.97 Å². The standard InChI is InChI=1S/C18H29N7S/c1-13(2)15-11-14-16(12-21-15)22-18(25-8-6-24(4)7-9-25)23-17(14)20-5-10-26-19-3/h11-13,19H,5-10H2,1-4H3,(H,20,22,23). The van der Waals surface area contributed by atoms with E-state index in [0.717, 1.165) is 66.8 Å². The molecule has 3 rings (SSSR count). The van der Waals surface area contributed by atoms with Crippen LogP contribution in [-0.2, 0) is 0 Å². The van der Waals surface area contributed by atoms with E-state index in [0.29, 0.717) is 5.92 Å². The fourth-order valence-corrected chi connectivity index (χ4v) is 3.37. The molecule has 0 aromatic carbocycles. The first-order chi connectivity index (χ1) is 12.6. The van der Waals surface area contributed by atoms with E-state index in [1.807, 2.05) is 13.2 Å². The molecule has 0 spiro atoms. The number of anilines is 2. The summed E-state index contributed by atoms with van der Waals surface area (Å²) in [6.07, 6.45) is 1.89. The van der Waals surface area contributed by atoms with Crippen LogP contribution in [0.4, 0.5) is 11.8 Å². The van der Waals surface area contributed by atoms with Gasteiger partial charge >= 0.3 is 0 Å². The normalized spacial score (nSPS) is 15.8. The van der Waals surface area contributed by atoms with Gasteiger partial charge in [-0.05, 0) is 26.1 Å². The summed E-state index contributed by atoms with van der Waals surface area (Å²) in [6, 6.07) is 2.13. The van der Waals surface area contributed by atoms with Crippen LogP contribution in [0.5, 0.6) is 0 Å². The number of piperazine rings is 1. The van der Waals surface area contributed by atoms with E-state index in [9.17, 15) is 0 Å². The van der Waals surface area contributed by atoms with E-state index in [2.05, 4.69) is 51.8 Å². The Bertz CT molecular complexity index is 729. The summed E-state index contributed by atoms with van der Waals surface area (Å²) in [5.74, 6) is 3.05. The molecule has 7 nitrogen and oxygen atoms in total. The molecule has 2 aromatic heterocycles. The molecule has 1 aliphatic heterocycles. The summed E-state index contributed by atoms with van der Waals surface area (Å²) in [7, 11) is 4.10. The van der Waals surface area contributed by atoms with Crippen molar-refractivity contribution in [2.75, 3.05) is 62.8 Å². The van der Waals surface area contributed by atoms with Crippen molar-refractivity contribution in [3.63, 3.8) is 0 Å².